The predicted octanol–water partition coefficient (Wildman–Crippen LogP) is 5.77. The highest BCUT2D eigenvalue weighted by molar-refractivity contribution is 6.56. The Morgan fingerprint density at radius 1 is 1.00 bits per heavy atom. The second kappa shape index (κ2) is 7.33. The first kappa shape index (κ1) is 19.7. The van der Waals surface area contributed by atoms with Crippen molar-refractivity contribution in [2.24, 2.45) is 4.99 Å². The van der Waals surface area contributed by atoms with E-state index in [1.54, 1.807) is 36.4 Å². The Bertz CT molecular complexity index is 1170. The Morgan fingerprint density at radius 2 is 1.77 bits per heavy atom. The number of fused-ring (bicyclic) bond motifs is 1. The van der Waals surface area contributed by atoms with Crippen LogP contribution in [0.25, 0.3) is 0 Å². The fourth-order valence-corrected chi connectivity index (χ4v) is 3.44. The minimum Gasteiger partial charge on any atom is -0.508 e. The number of amides is 1. The van der Waals surface area contributed by atoms with E-state index in [1.807, 2.05) is 6.92 Å². The van der Waals surface area contributed by atoms with E-state index in [-0.39, 0.29) is 17.1 Å². The predicted molar refractivity (Wildman–Crippen MR) is 109 cm³/mol. The van der Waals surface area contributed by atoms with Gasteiger partial charge in [-0.25, -0.2) is 4.99 Å². The number of aromatic hydroxyl groups is 1. The molecular formula is C23H17F3N2O2. The van der Waals surface area contributed by atoms with Crippen molar-refractivity contribution in [3.63, 3.8) is 0 Å². The monoisotopic (exact) mass is 410 g/mol. The third-order valence-electron chi connectivity index (χ3n) is 4.92. The summed E-state index contributed by atoms with van der Waals surface area (Å²) in [5, 5.41) is 9.96. The van der Waals surface area contributed by atoms with Crippen molar-refractivity contribution in [3.8, 4) is 5.75 Å². The normalized spacial score (nSPS) is 15.0. The van der Waals surface area contributed by atoms with Crippen molar-refractivity contribution < 1.29 is 23.1 Å². The first-order chi connectivity index (χ1) is 14.3. The molecule has 1 heterocycles. The second-order valence-electron chi connectivity index (χ2n) is 6.83. The largest absolute Gasteiger partial charge is 0.508 e. The fraction of sp³-hybridized carbons (Fsp3) is 0.130. The van der Waals surface area contributed by atoms with Gasteiger partial charge in [0.1, 0.15) is 11.5 Å². The first-order valence-electron chi connectivity index (χ1n) is 9.31. The lowest BCUT2D eigenvalue weighted by Crippen LogP contribution is -2.25. The zero-order valence-electron chi connectivity index (χ0n) is 15.9. The van der Waals surface area contributed by atoms with Crippen LogP contribution in [-0.4, -0.2) is 16.7 Å². The molecule has 1 aliphatic heterocycles. The molecule has 30 heavy (non-hydrogen) atoms. The molecule has 0 aliphatic carbocycles. The van der Waals surface area contributed by atoms with Crippen molar-refractivity contribution in [2.45, 2.75) is 19.5 Å². The molecule has 7 heteroatoms. The maximum atomic E-state index is 13.2. The number of phenolic OH excluding ortho intramolecular Hbond substituents is 1. The van der Waals surface area contributed by atoms with Crippen LogP contribution in [0.15, 0.2) is 71.7 Å². The van der Waals surface area contributed by atoms with Gasteiger partial charge in [-0.2, -0.15) is 13.2 Å². The molecule has 0 saturated carbocycles. The lowest BCUT2D eigenvalue weighted by Gasteiger charge is -2.18. The van der Waals surface area contributed by atoms with Crippen LogP contribution in [0.5, 0.6) is 5.75 Å². The van der Waals surface area contributed by atoms with E-state index in [0.29, 0.717) is 28.9 Å². The Labute approximate surface area is 170 Å². The molecular weight excluding hydrogens is 393 g/mol. The summed E-state index contributed by atoms with van der Waals surface area (Å²) in [4.78, 5) is 19.0. The highest BCUT2D eigenvalue weighted by atomic mass is 19.4. The number of aryl methyl sites for hydroxylation is 1. The molecule has 152 valence electrons. The van der Waals surface area contributed by atoms with E-state index < -0.39 is 17.6 Å². The number of hydrogen-bond acceptors (Lipinski definition) is 3. The minimum atomic E-state index is -4.50. The van der Waals surface area contributed by atoms with Crippen molar-refractivity contribution in [1.29, 1.82) is 0 Å². The maximum Gasteiger partial charge on any atom is 0.416 e. The summed E-state index contributed by atoms with van der Waals surface area (Å²) >= 11 is 0. The number of phenols is 1. The molecule has 0 bridgehead atoms. The lowest BCUT2D eigenvalue weighted by atomic mass is 10.1. The van der Waals surface area contributed by atoms with Crippen LogP contribution in [0, 0.1) is 0 Å². The smallest absolute Gasteiger partial charge is 0.416 e. The molecule has 3 aromatic carbocycles. The van der Waals surface area contributed by atoms with E-state index >= 15 is 0 Å². The zero-order chi connectivity index (χ0) is 21.5. The van der Waals surface area contributed by atoms with Crippen LogP contribution in [-0.2, 0) is 17.4 Å². The zero-order valence-corrected chi connectivity index (χ0v) is 15.9. The molecule has 4 nitrogen and oxygen atoms in total. The van der Waals surface area contributed by atoms with Crippen molar-refractivity contribution in [2.75, 3.05) is 4.90 Å². The van der Waals surface area contributed by atoms with Gasteiger partial charge < -0.3 is 5.11 Å². The Hall–Kier alpha value is -3.61. The van der Waals surface area contributed by atoms with Gasteiger partial charge in [0, 0.05) is 11.3 Å². The van der Waals surface area contributed by atoms with Gasteiger partial charge in [-0.05, 0) is 54.4 Å². The molecule has 0 fully saturated rings. The van der Waals surface area contributed by atoms with E-state index in [1.165, 1.54) is 23.1 Å². The topological polar surface area (TPSA) is 52.9 Å². The molecule has 1 N–H and O–H groups in total. The van der Waals surface area contributed by atoms with Crippen LogP contribution in [0.1, 0.15) is 23.6 Å². The van der Waals surface area contributed by atoms with E-state index in [9.17, 15) is 23.1 Å². The molecule has 0 unspecified atom stereocenters. The number of rotatable bonds is 3. The SMILES string of the molecule is CCc1cc(N2C(=O)C(=Nc3cccc(C(F)(F)F)c3)c3ccccc32)ccc1O. The molecule has 3 aromatic rings. The average Bonchev–Trinajstić information content (AvgIpc) is 3.00. The van der Waals surface area contributed by atoms with Gasteiger partial charge in [-0.3, -0.25) is 9.69 Å². The summed E-state index contributed by atoms with van der Waals surface area (Å²) in [5.74, 6) is -0.305. The van der Waals surface area contributed by atoms with Crippen molar-refractivity contribution in [1.82, 2.24) is 0 Å². The van der Waals surface area contributed by atoms with Crippen LogP contribution in [0.4, 0.5) is 30.2 Å². The summed E-state index contributed by atoms with van der Waals surface area (Å²) in [6, 6.07) is 16.4. The number of halogens is 3. The van der Waals surface area contributed by atoms with Crippen molar-refractivity contribution >= 4 is 28.7 Å². The quantitative estimate of drug-likeness (QED) is 0.596. The number of aliphatic imine (C=N–C) groups is 1. The molecule has 0 spiro atoms. The number of anilines is 2. The molecule has 1 aliphatic rings. The Kier molecular flexibility index (Phi) is 4.81. The summed E-state index contributed by atoms with van der Waals surface area (Å²) < 4.78 is 39.1. The third-order valence-corrected chi connectivity index (χ3v) is 4.92. The highest BCUT2D eigenvalue weighted by Gasteiger charge is 2.35. The van der Waals surface area contributed by atoms with Gasteiger partial charge in [0.2, 0.25) is 0 Å². The number of hydrogen-bond donors (Lipinski definition) is 1. The van der Waals surface area contributed by atoms with Crippen LogP contribution >= 0.6 is 0 Å². The summed E-state index contributed by atoms with van der Waals surface area (Å²) in [6.45, 7) is 1.89. The van der Waals surface area contributed by atoms with Gasteiger partial charge in [-0.15, -0.1) is 0 Å². The van der Waals surface area contributed by atoms with E-state index in [0.717, 1.165) is 12.1 Å². The molecule has 0 radical (unpaired) electrons. The fourth-order valence-electron chi connectivity index (χ4n) is 3.44. The van der Waals surface area contributed by atoms with Gasteiger partial charge in [0.15, 0.2) is 0 Å². The number of nitrogens with zero attached hydrogens (tertiary/aromatic N) is 2. The second-order valence-corrected chi connectivity index (χ2v) is 6.83. The molecule has 0 saturated heterocycles. The van der Waals surface area contributed by atoms with Gasteiger partial charge >= 0.3 is 6.18 Å². The first-order valence-corrected chi connectivity index (χ1v) is 9.31. The van der Waals surface area contributed by atoms with Gasteiger partial charge in [0.05, 0.1) is 16.9 Å². The summed E-state index contributed by atoms with van der Waals surface area (Å²) in [5.41, 5.74) is 1.64. The molecule has 1 amide bonds. The Balaban J connectivity index is 1.82. The minimum absolute atomic E-state index is 0.0461. The molecule has 4 rings (SSSR count). The maximum absolute atomic E-state index is 13.2. The lowest BCUT2D eigenvalue weighted by molar-refractivity contribution is -0.137. The number of carbonyl (C=O) groups is 1. The Morgan fingerprint density at radius 3 is 2.50 bits per heavy atom. The average molecular weight is 410 g/mol. The van der Waals surface area contributed by atoms with Gasteiger partial charge in [-0.1, -0.05) is 31.2 Å². The van der Waals surface area contributed by atoms with Crippen LogP contribution < -0.4 is 4.90 Å². The standard InChI is InChI=1S/C23H17F3N2O2/c1-2-14-12-17(10-11-20(14)29)28-19-9-4-3-8-18(19)21(22(28)30)27-16-7-5-6-15(13-16)23(24,25)26/h3-13,29H,2H2,1H3. The van der Waals surface area contributed by atoms with Crippen LogP contribution in [0.3, 0.4) is 0 Å². The van der Waals surface area contributed by atoms with E-state index in [2.05, 4.69) is 4.99 Å². The molecule has 0 atom stereocenters. The van der Waals surface area contributed by atoms with E-state index in [4.69, 9.17) is 0 Å². The van der Waals surface area contributed by atoms with Crippen LogP contribution in [0.2, 0.25) is 0 Å². The number of alkyl halides is 3. The summed E-state index contributed by atoms with van der Waals surface area (Å²) in [7, 11) is 0. The summed E-state index contributed by atoms with van der Waals surface area (Å²) in [6.07, 6.45) is -3.92. The van der Waals surface area contributed by atoms with Gasteiger partial charge in [0.25, 0.3) is 5.91 Å². The molecule has 0 aromatic heterocycles. The number of para-hydroxylation sites is 1. The number of carbonyl (C=O) groups excluding carboxylic acids is 1. The van der Waals surface area contributed by atoms with Crippen molar-refractivity contribution in [3.05, 3.63) is 83.4 Å². The number of benzene rings is 3. The highest BCUT2D eigenvalue weighted by Crippen LogP contribution is 2.38. The third kappa shape index (κ3) is 3.43.